The van der Waals surface area contributed by atoms with Gasteiger partial charge in [-0.3, -0.25) is 4.79 Å². The molecule has 0 spiro atoms. The highest BCUT2D eigenvalue weighted by Gasteiger charge is 2.21. The fraction of sp³-hybridized carbons (Fsp3) is 0.200. The Morgan fingerprint density at radius 3 is 2.54 bits per heavy atom. The van der Waals surface area contributed by atoms with Gasteiger partial charge in [-0.25, -0.2) is 18.1 Å². The van der Waals surface area contributed by atoms with Gasteiger partial charge in [0.2, 0.25) is 0 Å². The van der Waals surface area contributed by atoms with Gasteiger partial charge in [0, 0.05) is 11.2 Å². The summed E-state index contributed by atoms with van der Waals surface area (Å²) >= 11 is 6.34. The summed E-state index contributed by atoms with van der Waals surface area (Å²) in [7, 11) is -3.95. The third-order valence-electron chi connectivity index (χ3n) is 4.36. The normalized spacial score (nSPS) is 11.4. The van der Waals surface area contributed by atoms with Crippen LogP contribution in [0.15, 0.2) is 59.6 Å². The number of nitrogens with one attached hydrogen (secondary N) is 1. The lowest BCUT2D eigenvalue weighted by molar-refractivity contribution is 0.0977. The van der Waals surface area contributed by atoms with E-state index in [1.165, 1.54) is 18.3 Å². The molecule has 0 aliphatic rings. The average molecular weight is 418 g/mol. The molecular formula is C20H20ClN3O3S. The van der Waals surface area contributed by atoms with Crippen LogP contribution >= 0.6 is 11.6 Å². The van der Waals surface area contributed by atoms with Gasteiger partial charge >= 0.3 is 0 Å². The molecule has 0 saturated carbocycles. The van der Waals surface area contributed by atoms with Gasteiger partial charge in [-0.05, 0) is 42.7 Å². The van der Waals surface area contributed by atoms with Crippen LogP contribution in [0.5, 0.6) is 0 Å². The zero-order valence-corrected chi connectivity index (χ0v) is 17.1. The molecular weight excluding hydrogens is 398 g/mol. The van der Waals surface area contributed by atoms with Crippen LogP contribution in [0.2, 0.25) is 5.02 Å². The SMILES string of the molecule is CCc1ccc(Cn2cc(C(=O)NS(=O)(=O)c3ccccc3)nc2C)c(Cl)c1. The first-order valence-electron chi connectivity index (χ1n) is 8.73. The zero-order chi connectivity index (χ0) is 20.3. The number of nitrogens with zero attached hydrogens (tertiary/aromatic N) is 2. The van der Waals surface area contributed by atoms with E-state index in [0.29, 0.717) is 17.4 Å². The molecule has 0 unspecified atom stereocenters. The molecule has 0 saturated heterocycles. The summed E-state index contributed by atoms with van der Waals surface area (Å²) in [6, 6.07) is 13.6. The number of carbonyl (C=O) groups is 1. The van der Waals surface area contributed by atoms with Crippen molar-refractivity contribution in [1.29, 1.82) is 0 Å². The highest BCUT2D eigenvalue weighted by Crippen LogP contribution is 2.20. The van der Waals surface area contributed by atoms with E-state index in [-0.39, 0.29) is 10.6 Å². The maximum absolute atomic E-state index is 12.4. The maximum atomic E-state index is 12.4. The maximum Gasteiger partial charge on any atom is 0.285 e. The van der Waals surface area contributed by atoms with E-state index in [1.54, 1.807) is 29.7 Å². The largest absolute Gasteiger partial charge is 0.330 e. The molecule has 0 aliphatic heterocycles. The van der Waals surface area contributed by atoms with E-state index in [1.807, 2.05) is 18.2 Å². The predicted molar refractivity (Wildman–Crippen MR) is 108 cm³/mol. The van der Waals surface area contributed by atoms with E-state index < -0.39 is 15.9 Å². The van der Waals surface area contributed by atoms with Crippen LogP contribution in [0, 0.1) is 6.92 Å². The van der Waals surface area contributed by atoms with Gasteiger partial charge in [0.15, 0.2) is 0 Å². The number of halogens is 1. The van der Waals surface area contributed by atoms with E-state index in [9.17, 15) is 13.2 Å². The molecule has 3 rings (SSSR count). The molecule has 0 atom stereocenters. The third-order valence-corrected chi connectivity index (χ3v) is 6.05. The molecule has 8 heteroatoms. The molecule has 3 aromatic rings. The zero-order valence-electron chi connectivity index (χ0n) is 15.5. The fourth-order valence-electron chi connectivity index (χ4n) is 2.73. The van der Waals surface area contributed by atoms with Gasteiger partial charge in [0.1, 0.15) is 11.5 Å². The molecule has 1 amide bonds. The lowest BCUT2D eigenvalue weighted by Gasteiger charge is -2.08. The number of carbonyl (C=O) groups excluding carboxylic acids is 1. The minimum atomic E-state index is -3.95. The lowest BCUT2D eigenvalue weighted by Crippen LogP contribution is -2.30. The number of rotatable bonds is 6. The third kappa shape index (κ3) is 4.43. The van der Waals surface area contributed by atoms with Gasteiger partial charge < -0.3 is 4.57 Å². The van der Waals surface area contributed by atoms with Crippen molar-refractivity contribution < 1.29 is 13.2 Å². The van der Waals surface area contributed by atoms with Crippen molar-refractivity contribution in [1.82, 2.24) is 14.3 Å². The molecule has 1 aromatic heterocycles. The average Bonchev–Trinajstić information content (AvgIpc) is 3.04. The first-order chi connectivity index (χ1) is 13.3. The number of aromatic nitrogens is 2. The minimum absolute atomic E-state index is 0.0160. The summed E-state index contributed by atoms with van der Waals surface area (Å²) in [5.74, 6) is -0.198. The Hall–Kier alpha value is -2.64. The molecule has 28 heavy (non-hydrogen) atoms. The van der Waals surface area contributed by atoms with Crippen LogP contribution in [0.3, 0.4) is 0 Å². The predicted octanol–water partition coefficient (Wildman–Crippen LogP) is 3.57. The second-order valence-corrected chi connectivity index (χ2v) is 8.42. The lowest BCUT2D eigenvalue weighted by atomic mass is 10.1. The van der Waals surface area contributed by atoms with Crippen molar-refractivity contribution in [3.05, 3.63) is 82.4 Å². The number of sulfonamides is 1. The molecule has 0 radical (unpaired) electrons. The monoisotopic (exact) mass is 417 g/mol. The Morgan fingerprint density at radius 2 is 1.89 bits per heavy atom. The highest BCUT2D eigenvalue weighted by molar-refractivity contribution is 7.90. The molecule has 6 nitrogen and oxygen atoms in total. The summed E-state index contributed by atoms with van der Waals surface area (Å²) in [4.78, 5) is 16.6. The second kappa shape index (κ2) is 8.16. The van der Waals surface area contributed by atoms with Gasteiger partial charge in [-0.1, -0.05) is 48.9 Å². The standard InChI is InChI=1S/C20H20ClN3O3S/c1-3-15-9-10-16(18(21)11-15)12-24-13-19(22-14(24)2)20(25)23-28(26,27)17-7-5-4-6-8-17/h4-11,13H,3,12H2,1-2H3,(H,23,25). The van der Waals surface area contributed by atoms with Crippen molar-refractivity contribution in [2.45, 2.75) is 31.7 Å². The van der Waals surface area contributed by atoms with E-state index in [0.717, 1.165) is 17.5 Å². The molecule has 0 fully saturated rings. The number of hydrogen-bond acceptors (Lipinski definition) is 4. The molecule has 1 heterocycles. The Morgan fingerprint density at radius 1 is 1.18 bits per heavy atom. The summed E-state index contributed by atoms with van der Waals surface area (Å²) < 4.78 is 28.5. The van der Waals surface area contributed by atoms with Crippen molar-refractivity contribution >= 4 is 27.5 Å². The van der Waals surface area contributed by atoms with Gasteiger partial charge in [0.05, 0.1) is 11.4 Å². The first-order valence-corrected chi connectivity index (χ1v) is 10.6. The van der Waals surface area contributed by atoms with Crippen molar-refractivity contribution in [2.75, 3.05) is 0 Å². The molecule has 0 aliphatic carbocycles. The number of amides is 1. The van der Waals surface area contributed by atoms with Crippen LogP contribution in [0.1, 0.15) is 34.4 Å². The first kappa shape index (κ1) is 20.1. The van der Waals surface area contributed by atoms with E-state index in [4.69, 9.17) is 11.6 Å². The topological polar surface area (TPSA) is 81.1 Å². The number of aryl methyl sites for hydroxylation is 2. The molecule has 1 N–H and O–H groups in total. The fourth-order valence-corrected chi connectivity index (χ4v) is 3.98. The summed E-state index contributed by atoms with van der Waals surface area (Å²) in [5.41, 5.74) is 2.06. The summed E-state index contributed by atoms with van der Waals surface area (Å²) in [5, 5.41) is 0.644. The minimum Gasteiger partial charge on any atom is -0.330 e. The quantitative estimate of drug-likeness (QED) is 0.664. The van der Waals surface area contributed by atoms with Crippen LogP contribution < -0.4 is 4.72 Å². The Kier molecular flexibility index (Phi) is 5.86. The van der Waals surface area contributed by atoms with Crippen LogP contribution in [0.25, 0.3) is 0 Å². The second-order valence-electron chi connectivity index (χ2n) is 6.33. The van der Waals surface area contributed by atoms with Crippen LogP contribution in [-0.4, -0.2) is 23.9 Å². The van der Waals surface area contributed by atoms with Crippen LogP contribution in [-0.2, 0) is 23.0 Å². The molecule has 2 aromatic carbocycles. The number of imidazole rings is 1. The highest BCUT2D eigenvalue weighted by atomic mass is 35.5. The number of benzene rings is 2. The van der Waals surface area contributed by atoms with Crippen molar-refractivity contribution in [2.24, 2.45) is 0 Å². The molecule has 146 valence electrons. The van der Waals surface area contributed by atoms with Gasteiger partial charge in [-0.15, -0.1) is 0 Å². The Balaban J connectivity index is 1.79. The smallest absolute Gasteiger partial charge is 0.285 e. The van der Waals surface area contributed by atoms with Crippen LogP contribution in [0.4, 0.5) is 0 Å². The van der Waals surface area contributed by atoms with E-state index in [2.05, 4.69) is 16.6 Å². The van der Waals surface area contributed by atoms with Gasteiger partial charge in [-0.2, -0.15) is 0 Å². The van der Waals surface area contributed by atoms with Crippen molar-refractivity contribution in [3.63, 3.8) is 0 Å². The molecule has 0 bridgehead atoms. The Bertz CT molecular complexity index is 1110. The Labute approximate surface area is 169 Å². The van der Waals surface area contributed by atoms with Gasteiger partial charge in [0.25, 0.3) is 15.9 Å². The summed E-state index contributed by atoms with van der Waals surface area (Å²) in [6.07, 6.45) is 2.42. The summed E-state index contributed by atoms with van der Waals surface area (Å²) in [6.45, 7) is 4.23. The number of hydrogen-bond donors (Lipinski definition) is 1. The van der Waals surface area contributed by atoms with Crippen molar-refractivity contribution in [3.8, 4) is 0 Å². The van der Waals surface area contributed by atoms with E-state index >= 15 is 0 Å².